The molecular formula is C17H22BrNO5. The molecule has 1 atom stereocenters. The van der Waals surface area contributed by atoms with Gasteiger partial charge in [-0.25, -0.2) is 9.59 Å². The molecule has 0 radical (unpaired) electrons. The average molecular weight is 400 g/mol. The summed E-state index contributed by atoms with van der Waals surface area (Å²) in [5.41, 5.74) is -0.0681. The van der Waals surface area contributed by atoms with Crippen molar-refractivity contribution < 1.29 is 23.8 Å². The standard InChI is InChI=1S/C17H22BrNO5/c1-17(2,3)24-16(21)19-8-7-12(10-19)23-14-6-5-11(9-13(14)18)15(20)22-4/h5-6,9,12H,7-8,10H2,1-4H3. The van der Waals surface area contributed by atoms with Crippen LogP contribution in [0, 0.1) is 0 Å². The molecule has 0 bridgehead atoms. The minimum atomic E-state index is -0.511. The van der Waals surface area contributed by atoms with Crippen LogP contribution in [-0.2, 0) is 9.47 Å². The second-order valence-corrected chi connectivity index (χ2v) is 7.45. The Bertz CT molecular complexity index is 626. The molecule has 0 N–H and O–H groups in total. The summed E-state index contributed by atoms with van der Waals surface area (Å²) in [6.45, 7) is 6.59. The van der Waals surface area contributed by atoms with E-state index in [-0.39, 0.29) is 12.2 Å². The lowest BCUT2D eigenvalue weighted by Gasteiger charge is -2.24. The van der Waals surface area contributed by atoms with Gasteiger partial charge in [0.25, 0.3) is 0 Å². The second-order valence-electron chi connectivity index (χ2n) is 6.59. The zero-order chi connectivity index (χ0) is 17.9. The molecule has 1 unspecified atom stereocenters. The minimum absolute atomic E-state index is 0.113. The van der Waals surface area contributed by atoms with Crippen molar-refractivity contribution in [1.29, 1.82) is 0 Å². The van der Waals surface area contributed by atoms with Gasteiger partial charge in [-0.1, -0.05) is 0 Å². The Morgan fingerprint density at radius 2 is 2.00 bits per heavy atom. The average Bonchev–Trinajstić information content (AvgIpc) is 2.95. The molecule has 1 fully saturated rings. The third-order valence-electron chi connectivity index (χ3n) is 3.44. The monoisotopic (exact) mass is 399 g/mol. The maximum Gasteiger partial charge on any atom is 0.410 e. The van der Waals surface area contributed by atoms with E-state index in [9.17, 15) is 9.59 Å². The molecule has 1 aromatic rings. The highest BCUT2D eigenvalue weighted by Gasteiger charge is 2.31. The van der Waals surface area contributed by atoms with Crippen molar-refractivity contribution in [1.82, 2.24) is 4.90 Å². The van der Waals surface area contributed by atoms with E-state index in [2.05, 4.69) is 20.7 Å². The zero-order valence-electron chi connectivity index (χ0n) is 14.3. The summed E-state index contributed by atoms with van der Waals surface area (Å²) in [4.78, 5) is 25.2. The summed E-state index contributed by atoms with van der Waals surface area (Å²) in [5, 5.41) is 0. The van der Waals surface area contributed by atoms with Crippen LogP contribution in [0.5, 0.6) is 5.75 Å². The van der Waals surface area contributed by atoms with Gasteiger partial charge in [-0.2, -0.15) is 0 Å². The van der Waals surface area contributed by atoms with E-state index in [0.29, 0.717) is 28.9 Å². The Labute approximate surface area is 150 Å². The summed E-state index contributed by atoms with van der Waals surface area (Å²) >= 11 is 3.40. The highest BCUT2D eigenvalue weighted by Crippen LogP contribution is 2.29. The lowest BCUT2D eigenvalue weighted by molar-refractivity contribution is 0.0275. The summed E-state index contributed by atoms with van der Waals surface area (Å²) in [7, 11) is 1.34. The van der Waals surface area contributed by atoms with E-state index in [4.69, 9.17) is 9.47 Å². The van der Waals surface area contributed by atoms with Crippen molar-refractivity contribution >= 4 is 28.0 Å². The SMILES string of the molecule is COC(=O)c1ccc(OC2CCN(C(=O)OC(C)(C)C)C2)c(Br)c1. The number of likely N-dealkylation sites (tertiary alicyclic amines) is 1. The number of carbonyl (C=O) groups excluding carboxylic acids is 2. The normalized spacial score (nSPS) is 17.5. The van der Waals surface area contributed by atoms with E-state index < -0.39 is 11.6 Å². The molecule has 1 heterocycles. The summed E-state index contributed by atoms with van der Waals surface area (Å²) in [6, 6.07) is 5.01. The van der Waals surface area contributed by atoms with Gasteiger partial charge in [0.2, 0.25) is 0 Å². The van der Waals surface area contributed by atoms with Crippen LogP contribution >= 0.6 is 15.9 Å². The van der Waals surface area contributed by atoms with Gasteiger partial charge in [0.15, 0.2) is 0 Å². The molecule has 0 spiro atoms. The maximum absolute atomic E-state index is 12.1. The van der Waals surface area contributed by atoms with Crippen molar-refractivity contribution in [3.63, 3.8) is 0 Å². The molecule has 1 aliphatic heterocycles. The number of halogens is 1. The first kappa shape index (κ1) is 18.6. The molecule has 0 saturated carbocycles. The van der Waals surface area contributed by atoms with Crippen molar-refractivity contribution in [3.05, 3.63) is 28.2 Å². The van der Waals surface area contributed by atoms with Crippen LogP contribution in [-0.4, -0.2) is 48.9 Å². The first-order valence-corrected chi connectivity index (χ1v) is 8.51. The lowest BCUT2D eigenvalue weighted by Crippen LogP contribution is -2.36. The van der Waals surface area contributed by atoms with Gasteiger partial charge in [-0.05, 0) is 54.9 Å². The van der Waals surface area contributed by atoms with Gasteiger partial charge in [0.1, 0.15) is 17.5 Å². The molecule has 1 saturated heterocycles. The Hall–Kier alpha value is -1.76. The number of nitrogens with zero attached hydrogens (tertiary/aromatic N) is 1. The number of amides is 1. The smallest absolute Gasteiger partial charge is 0.410 e. The number of rotatable bonds is 3. The van der Waals surface area contributed by atoms with Gasteiger partial charge in [0, 0.05) is 13.0 Å². The third-order valence-corrected chi connectivity index (χ3v) is 4.06. The lowest BCUT2D eigenvalue weighted by atomic mass is 10.2. The number of ether oxygens (including phenoxy) is 3. The highest BCUT2D eigenvalue weighted by molar-refractivity contribution is 9.10. The van der Waals surface area contributed by atoms with Crippen LogP contribution in [0.15, 0.2) is 22.7 Å². The number of hydrogen-bond donors (Lipinski definition) is 0. The van der Waals surface area contributed by atoms with Gasteiger partial charge >= 0.3 is 12.1 Å². The van der Waals surface area contributed by atoms with E-state index in [0.717, 1.165) is 6.42 Å². The molecule has 7 heteroatoms. The van der Waals surface area contributed by atoms with Crippen LogP contribution in [0.1, 0.15) is 37.6 Å². The molecule has 0 aliphatic carbocycles. The molecule has 2 rings (SSSR count). The largest absolute Gasteiger partial charge is 0.487 e. The van der Waals surface area contributed by atoms with E-state index in [1.165, 1.54) is 7.11 Å². The van der Waals surface area contributed by atoms with E-state index in [1.54, 1.807) is 23.1 Å². The number of methoxy groups -OCH3 is 1. The number of hydrogen-bond acceptors (Lipinski definition) is 5. The topological polar surface area (TPSA) is 65.1 Å². The van der Waals surface area contributed by atoms with Crippen LogP contribution < -0.4 is 4.74 Å². The molecule has 6 nitrogen and oxygen atoms in total. The Morgan fingerprint density at radius 3 is 2.58 bits per heavy atom. The fourth-order valence-corrected chi connectivity index (χ4v) is 2.81. The van der Waals surface area contributed by atoms with Gasteiger partial charge in [-0.3, -0.25) is 0 Å². The van der Waals surface area contributed by atoms with Crippen LogP contribution in [0.2, 0.25) is 0 Å². The predicted molar refractivity (Wildman–Crippen MR) is 92.3 cm³/mol. The molecule has 0 aromatic heterocycles. The second kappa shape index (κ2) is 7.42. The highest BCUT2D eigenvalue weighted by atomic mass is 79.9. The molecule has 24 heavy (non-hydrogen) atoms. The van der Waals surface area contributed by atoms with Crippen molar-refractivity contribution in [2.75, 3.05) is 20.2 Å². The fraction of sp³-hybridized carbons (Fsp3) is 0.529. The van der Waals surface area contributed by atoms with Crippen LogP contribution in [0.4, 0.5) is 4.79 Å². The first-order valence-electron chi connectivity index (χ1n) is 7.72. The summed E-state index contributed by atoms with van der Waals surface area (Å²) in [6.07, 6.45) is 0.288. The van der Waals surface area contributed by atoms with Crippen molar-refractivity contribution in [3.8, 4) is 5.75 Å². The molecule has 132 valence electrons. The third kappa shape index (κ3) is 4.87. The van der Waals surface area contributed by atoms with Gasteiger partial charge in [-0.15, -0.1) is 0 Å². The molecular weight excluding hydrogens is 378 g/mol. The van der Waals surface area contributed by atoms with E-state index in [1.807, 2.05) is 20.8 Å². The fourth-order valence-electron chi connectivity index (χ4n) is 2.34. The molecule has 1 aliphatic rings. The summed E-state index contributed by atoms with van der Waals surface area (Å²) < 4.78 is 16.7. The minimum Gasteiger partial charge on any atom is -0.487 e. The van der Waals surface area contributed by atoms with E-state index >= 15 is 0 Å². The summed E-state index contributed by atoms with van der Waals surface area (Å²) in [5.74, 6) is 0.220. The number of carbonyl (C=O) groups is 2. The van der Waals surface area contributed by atoms with Gasteiger partial charge in [0.05, 0.1) is 23.7 Å². The van der Waals surface area contributed by atoms with Crippen LogP contribution in [0.25, 0.3) is 0 Å². The Balaban J connectivity index is 1.96. The predicted octanol–water partition coefficient (Wildman–Crippen LogP) is 3.62. The Kier molecular flexibility index (Phi) is 5.74. The number of esters is 1. The Morgan fingerprint density at radius 1 is 1.29 bits per heavy atom. The zero-order valence-corrected chi connectivity index (χ0v) is 15.9. The number of benzene rings is 1. The maximum atomic E-state index is 12.1. The van der Waals surface area contributed by atoms with Gasteiger partial charge < -0.3 is 19.1 Å². The van der Waals surface area contributed by atoms with Crippen molar-refractivity contribution in [2.45, 2.75) is 38.9 Å². The molecule has 1 amide bonds. The van der Waals surface area contributed by atoms with Crippen molar-refractivity contribution in [2.24, 2.45) is 0 Å². The quantitative estimate of drug-likeness (QED) is 0.726. The van der Waals surface area contributed by atoms with Crippen LogP contribution in [0.3, 0.4) is 0 Å². The first-order chi connectivity index (χ1) is 11.2. The molecule has 1 aromatic carbocycles.